The highest BCUT2D eigenvalue weighted by Gasteiger charge is 2.03. The Morgan fingerprint density at radius 3 is 2.90 bits per heavy atom. The number of halogens is 1. The molecule has 0 fully saturated rings. The summed E-state index contributed by atoms with van der Waals surface area (Å²) in [5, 5.41) is 4.50. The monoisotopic (exact) mass is 345 g/mol. The van der Waals surface area contributed by atoms with Crippen molar-refractivity contribution in [2.24, 2.45) is 0 Å². The predicted octanol–water partition coefficient (Wildman–Crippen LogP) is 3.40. The number of nitrogens with one attached hydrogen (secondary N) is 2. The molecule has 0 bridgehead atoms. The largest absolute Gasteiger partial charge is 0.364 e. The number of nitrogens with zero attached hydrogens (tertiary/aromatic N) is 3. The van der Waals surface area contributed by atoms with Gasteiger partial charge < -0.3 is 15.2 Å². The zero-order valence-electron chi connectivity index (χ0n) is 11.9. The fourth-order valence-corrected chi connectivity index (χ4v) is 2.49. The van der Waals surface area contributed by atoms with Crippen LogP contribution in [0.1, 0.15) is 5.69 Å². The van der Waals surface area contributed by atoms with E-state index in [2.05, 4.69) is 54.4 Å². The maximum Gasteiger partial charge on any atom is 0.226 e. The third-order valence-corrected chi connectivity index (χ3v) is 3.63. The van der Waals surface area contributed by atoms with E-state index in [-0.39, 0.29) is 0 Å². The molecule has 0 unspecified atom stereocenters. The van der Waals surface area contributed by atoms with E-state index in [4.69, 9.17) is 0 Å². The van der Waals surface area contributed by atoms with Gasteiger partial charge in [-0.3, -0.25) is 0 Å². The molecule has 21 heavy (non-hydrogen) atoms. The standard InChI is InChI=1S/C15H16BrN5/c1-21(2)15-17-6-5-14(20-15)18-9-12-8-10-7-11(16)3-4-13(10)19-12/h3-8,19H,9H2,1-2H3,(H,17,18,20). The number of aromatic nitrogens is 3. The maximum atomic E-state index is 4.44. The zero-order valence-corrected chi connectivity index (χ0v) is 13.5. The summed E-state index contributed by atoms with van der Waals surface area (Å²) in [5.74, 6) is 1.51. The summed E-state index contributed by atoms with van der Waals surface area (Å²) in [6, 6.07) is 10.2. The first-order valence-electron chi connectivity index (χ1n) is 6.63. The molecular formula is C15H16BrN5. The van der Waals surface area contributed by atoms with Gasteiger partial charge in [-0.1, -0.05) is 15.9 Å². The lowest BCUT2D eigenvalue weighted by Crippen LogP contribution is -2.13. The van der Waals surface area contributed by atoms with E-state index >= 15 is 0 Å². The van der Waals surface area contributed by atoms with Crippen LogP contribution in [0.5, 0.6) is 0 Å². The third-order valence-electron chi connectivity index (χ3n) is 3.14. The number of aromatic amines is 1. The Balaban J connectivity index is 1.75. The topological polar surface area (TPSA) is 56.8 Å². The molecule has 0 saturated carbocycles. The van der Waals surface area contributed by atoms with Crippen LogP contribution in [0.25, 0.3) is 10.9 Å². The highest BCUT2D eigenvalue weighted by molar-refractivity contribution is 9.10. The van der Waals surface area contributed by atoms with Crippen molar-refractivity contribution >= 4 is 38.6 Å². The van der Waals surface area contributed by atoms with Gasteiger partial charge in [0, 0.05) is 41.4 Å². The highest BCUT2D eigenvalue weighted by Crippen LogP contribution is 2.21. The Bertz CT molecular complexity index is 766. The molecule has 0 aliphatic heterocycles. The second-order valence-corrected chi connectivity index (χ2v) is 5.93. The van der Waals surface area contributed by atoms with E-state index in [1.807, 2.05) is 31.1 Å². The molecule has 3 aromatic rings. The molecule has 1 aromatic carbocycles. The van der Waals surface area contributed by atoms with Gasteiger partial charge in [0.25, 0.3) is 0 Å². The van der Waals surface area contributed by atoms with Crippen LogP contribution in [0.3, 0.4) is 0 Å². The number of hydrogen-bond donors (Lipinski definition) is 2. The molecule has 5 nitrogen and oxygen atoms in total. The van der Waals surface area contributed by atoms with Gasteiger partial charge in [0.2, 0.25) is 5.95 Å². The van der Waals surface area contributed by atoms with Gasteiger partial charge in [-0.15, -0.1) is 0 Å². The van der Waals surface area contributed by atoms with Gasteiger partial charge >= 0.3 is 0 Å². The van der Waals surface area contributed by atoms with Crippen LogP contribution in [-0.2, 0) is 6.54 Å². The second kappa shape index (κ2) is 5.73. The van der Waals surface area contributed by atoms with E-state index in [1.54, 1.807) is 6.20 Å². The molecule has 0 amide bonds. The summed E-state index contributed by atoms with van der Waals surface area (Å²) >= 11 is 3.49. The van der Waals surface area contributed by atoms with Crippen LogP contribution in [0.2, 0.25) is 0 Å². The van der Waals surface area contributed by atoms with Crippen molar-refractivity contribution in [2.45, 2.75) is 6.54 Å². The van der Waals surface area contributed by atoms with E-state index < -0.39 is 0 Å². The van der Waals surface area contributed by atoms with E-state index in [0.29, 0.717) is 12.5 Å². The van der Waals surface area contributed by atoms with Crippen LogP contribution >= 0.6 is 15.9 Å². The molecule has 0 saturated heterocycles. The van der Waals surface area contributed by atoms with Gasteiger partial charge in [0.1, 0.15) is 5.82 Å². The molecule has 2 aromatic heterocycles. The average Bonchev–Trinajstić information content (AvgIpc) is 2.87. The first-order chi connectivity index (χ1) is 10.1. The van der Waals surface area contributed by atoms with Crippen molar-refractivity contribution in [3.05, 3.63) is 46.7 Å². The first kappa shape index (κ1) is 13.9. The van der Waals surface area contributed by atoms with Crippen LogP contribution in [0.15, 0.2) is 41.0 Å². The molecule has 0 atom stereocenters. The number of benzene rings is 1. The normalized spacial score (nSPS) is 10.8. The number of rotatable bonds is 4. The van der Waals surface area contributed by atoms with E-state index in [1.165, 1.54) is 5.39 Å². The Kier molecular flexibility index (Phi) is 3.79. The van der Waals surface area contributed by atoms with Crippen LogP contribution in [0, 0.1) is 0 Å². The Labute approximate surface area is 131 Å². The minimum absolute atomic E-state index is 0.691. The average molecular weight is 346 g/mol. The fourth-order valence-electron chi connectivity index (χ4n) is 2.11. The first-order valence-corrected chi connectivity index (χ1v) is 7.42. The third kappa shape index (κ3) is 3.16. The lowest BCUT2D eigenvalue weighted by atomic mass is 10.2. The quantitative estimate of drug-likeness (QED) is 0.760. The summed E-state index contributed by atoms with van der Waals surface area (Å²) in [6.45, 7) is 0.691. The lowest BCUT2D eigenvalue weighted by Gasteiger charge is -2.11. The van der Waals surface area contributed by atoms with Crippen molar-refractivity contribution in [1.29, 1.82) is 0 Å². The van der Waals surface area contributed by atoms with Gasteiger partial charge in [-0.05, 0) is 30.3 Å². The van der Waals surface area contributed by atoms with E-state index in [9.17, 15) is 0 Å². The van der Waals surface area contributed by atoms with Gasteiger partial charge in [-0.25, -0.2) is 4.98 Å². The zero-order chi connectivity index (χ0) is 14.8. The number of hydrogen-bond acceptors (Lipinski definition) is 4. The SMILES string of the molecule is CN(C)c1nccc(NCc2cc3cc(Br)ccc3[nH]2)n1. The Hall–Kier alpha value is -2.08. The molecule has 2 heterocycles. The maximum absolute atomic E-state index is 4.44. The number of H-pyrrole nitrogens is 1. The summed E-state index contributed by atoms with van der Waals surface area (Å²) in [5.41, 5.74) is 2.25. The lowest BCUT2D eigenvalue weighted by molar-refractivity contribution is 0.982. The van der Waals surface area contributed by atoms with Gasteiger partial charge in [-0.2, -0.15) is 4.98 Å². The van der Waals surface area contributed by atoms with Crippen molar-refractivity contribution in [1.82, 2.24) is 15.0 Å². The predicted molar refractivity (Wildman–Crippen MR) is 89.7 cm³/mol. The Morgan fingerprint density at radius 2 is 2.10 bits per heavy atom. The molecule has 0 aliphatic carbocycles. The minimum Gasteiger partial charge on any atom is -0.364 e. The molecule has 6 heteroatoms. The summed E-state index contributed by atoms with van der Waals surface area (Å²) < 4.78 is 1.08. The Morgan fingerprint density at radius 1 is 1.24 bits per heavy atom. The van der Waals surface area contributed by atoms with Crippen LogP contribution in [0.4, 0.5) is 11.8 Å². The molecule has 0 spiro atoms. The molecular weight excluding hydrogens is 330 g/mol. The van der Waals surface area contributed by atoms with Crippen molar-refractivity contribution in [2.75, 3.05) is 24.3 Å². The fraction of sp³-hybridized carbons (Fsp3) is 0.200. The molecule has 3 rings (SSSR count). The molecule has 2 N–H and O–H groups in total. The minimum atomic E-state index is 0.691. The van der Waals surface area contributed by atoms with E-state index in [0.717, 1.165) is 21.5 Å². The van der Waals surface area contributed by atoms with Gasteiger partial charge in [0.15, 0.2) is 0 Å². The smallest absolute Gasteiger partial charge is 0.226 e. The molecule has 0 aliphatic rings. The van der Waals surface area contributed by atoms with Gasteiger partial charge in [0.05, 0.1) is 6.54 Å². The molecule has 108 valence electrons. The summed E-state index contributed by atoms with van der Waals surface area (Å²) in [6.07, 6.45) is 1.76. The number of fused-ring (bicyclic) bond motifs is 1. The number of anilines is 2. The summed E-state index contributed by atoms with van der Waals surface area (Å²) in [7, 11) is 3.85. The molecule has 0 radical (unpaired) electrons. The highest BCUT2D eigenvalue weighted by atomic mass is 79.9. The van der Waals surface area contributed by atoms with Crippen molar-refractivity contribution in [3.63, 3.8) is 0 Å². The van der Waals surface area contributed by atoms with Crippen LogP contribution < -0.4 is 10.2 Å². The van der Waals surface area contributed by atoms with Crippen molar-refractivity contribution in [3.8, 4) is 0 Å². The summed E-state index contributed by atoms with van der Waals surface area (Å²) in [4.78, 5) is 13.9. The van der Waals surface area contributed by atoms with Crippen molar-refractivity contribution < 1.29 is 0 Å². The second-order valence-electron chi connectivity index (χ2n) is 5.02. The van der Waals surface area contributed by atoms with Crippen LogP contribution in [-0.4, -0.2) is 29.0 Å².